The van der Waals surface area contributed by atoms with Crippen LogP contribution in [0.1, 0.15) is 102 Å². The van der Waals surface area contributed by atoms with Crippen molar-refractivity contribution < 1.29 is 5.11 Å². The quantitative estimate of drug-likeness (QED) is 0.144. The van der Waals surface area contributed by atoms with Gasteiger partial charge in [0.1, 0.15) is 5.75 Å². The van der Waals surface area contributed by atoms with Gasteiger partial charge in [0, 0.05) is 10.8 Å². The lowest BCUT2D eigenvalue weighted by atomic mass is 9.96. The molecule has 0 amide bonds. The molecule has 0 bridgehead atoms. The Labute approximate surface area is 199 Å². The van der Waals surface area contributed by atoms with Crippen LogP contribution in [0.25, 0.3) is 26.5 Å². The number of aryl methyl sites for hydroxylation is 1. The summed E-state index contributed by atoms with van der Waals surface area (Å²) in [6.07, 6.45) is 20.2. The number of fused-ring (bicyclic) bond motifs is 2. The van der Waals surface area contributed by atoms with Crippen LogP contribution in [0.2, 0.25) is 0 Å². The van der Waals surface area contributed by atoms with Gasteiger partial charge in [-0.15, -0.1) is 0 Å². The van der Waals surface area contributed by atoms with Gasteiger partial charge in [-0.2, -0.15) is 0 Å². The monoisotopic (exact) mass is 445 g/mol. The molecule has 3 nitrogen and oxygen atoms in total. The van der Waals surface area contributed by atoms with E-state index in [4.69, 9.17) is 0 Å². The van der Waals surface area contributed by atoms with Crippen LogP contribution < -0.4 is 0 Å². The first-order valence-electron chi connectivity index (χ1n) is 13.3. The van der Waals surface area contributed by atoms with E-state index in [-0.39, 0.29) is 5.75 Å². The van der Waals surface area contributed by atoms with Gasteiger partial charge in [-0.05, 0) is 36.6 Å². The molecule has 0 aliphatic carbocycles. The van der Waals surface area contributed by atoms with Crippen molar-refractivity contribution in [3.8, 4) is 5.75 Å². The molecule has 0 heterocycles. The number of aromatic hydroxyl groups is 1. The molecule has 0 aliphatic heterocycles. The smallest absolute Gasteiger partial charge is 0.400 e. The molecule has 0 radical (unpaired) electrons. The molecular formula is C30H41N2O+. The second-order valence-corrected chi connectivity index (χ2v) is 9.57. The summed E-state index contributed by atoms with van der Waals surface area (Å²) in [5, 5.41) is 23.5. The van der Waals surface area contributed by atoms with Gasteiger partial charge in [0.2, 0.25) is 5.39 Å². The molecule has 0 atom stereocenters. The van der Waals surface area contributed by atoms with E-state index < -0.39 is 0 Å². The Balaban J connectivity index is 1.37. The van der Waals surface area contributed by atoms with Gasteiger partial charge in [-0.3, -0.25) is 0 Å². The number of diazo groups is 1. The third-order valence-corrected chi connectivity index (χ3v) is 6.95. The van der Waals surface area contributed by atoms with Crippen LogP contribution in [0.3, 0.4) is 0 Å². The molecule has 0 saturated heterocycles. The maximum absolute atomic E-state index is 10.8. The zero-order chi connectivity index (χ0) is 23.3. The highest BCUT2D eigenvalue weighted by atomic mass is 16.3. The molecule has 176 valence electrons. The number of rotatable bonds is 15. The van der Waals surface area contributed by atoms with Crippen molar-refractivity contribution in [3.05, 3.63) is 53.0 Å². The number of hydrogen-bond acceptors (Lipinski definition) is 2. The fourth-order valence-electron chi connectivity index (χ4n) is 4.97. The van der Waals surface area contributed by atoms with E-state index in [0.29, 0.717) is 5.69 Å². The maximum atomic E-state index is 10.8. The van der Waals surface area contributed by atoms with E-state index in [0.717, 1.165) is 28.0 Å². The van der Waals surface area contributed by atoms with E-state index in [9.17, 15) is 10.5 Å². The lowest BCUT2D eigenvalue weighted by Crippen LogP contribution is -1.88. The van der Waals surface area contributed by atoms with Crippen LogP contribution in [-0.2, 0) is 6.42 Å². The number of phenols is 1. The predicted octanol–water partition coefficient (Wildman–Crippen LogP) is 10.2. The van der Waals surface area contributed by atoms with E-state index in [1.807, 2.05) is 30.3 Å². The van der Waals surface area contributed by atoms with E-state index in [1.165, 1.54) is 95.5 Å². The Morgan fingerprint density at radius 2 is 1.15 bits per heavy atom. The summed E-state index contributed by atoms with van der Waals surface area (Å²) in [5.41, 5.74) is 1.76. The first-order chi connectivity index (χ1) is 16.3. The third-order valence-electron chi connectivity index (χ3n) is 6.95. The Morgan fingerprint density at radius 3 is 1.73 bits per heavy atom. The second-order valence-electron chi connectivity index (χ2n) is 9.57. The summed E-state index contributed by atoms with van der Waals surface area (Å²) in [4.78, 5) is 3.53. The average Bonchev–Trinajstić information content (AvgIpc) is 2.85. The molecule has 3 heteroatoms. The highest BCUT2D eigenvalue weighted by molar-refractivity contribution is 6.15. The minimum atomic E-state index is 0.274. The minimum Gasteiger partial charge on any atom is -0.507 e. The van der Waals surface area contributed by atoms with Gasteiger partial charge in [-0.25, -0.2) is 0 Å². The van der Waals surface area contributed by atoms with Crippen molar-refractivity contribution in [3.63, 3.8) is 0 Å². The summed E-state index contributed by atoms with van der Waals surface area (Å²) in [7, 11) is 0. The standard InChI is InChI=1S/C30H40N2O/c1-2-3-4-5-6-7-8-9-10-11-12-13-14-15-18-24-21-22-26-28(23-24)30(33)27-20-17-16-19-25(27)29(26)32-31/h16-17,19-23H,2-15,18H2,1H3/p+1. The van der Waals surface area contributed by atoms with Crippen molar-refractivity contribution in [2.75, 3.05) is 0 Å². The molecule has 3 rings (SSSR count). The van der Waals surface area contributed by atoms with Gasteiger partial charge in [0.15, 0.2) is 4.98 Å². The van der Waals surface area contributed by atoms with Gasteiger partial charge in [0.25, 0.3) is 0 Å². The Morgan fingerprint density at radius 1 is 0.636 bits per heavy atom. The fraction of sp³-hybridized carbons (Fsp3) is 0.533. The van der Waals surface area contributed by atoms with Crippen LogP contribution in [0, 0.1) is 5.39 Å². The molecule has 1 N–H and O–H groups in total. The van der Waals surface area contributed by atoms with E-state index >= 15 is 0 Å². The van der Waals surface area contributed by atoms with Crippen molar-refractivity contribution in [2.45, 2.75) is 103 Å². The molecule has 0 saturated carbocycles. The predicted molar refractivity (Wildman–Crippen MR) is 142 cm³/mol. The molecule has 33 heavy (non-hydrogen) atoms. The number of phenolic OH excluding ortho intramolecular Hbond substituents is 1. The summed E-state index contributed by atoms with van der Waals surface area (Å²) < 4.78 is 0. The van der Waals surface area contributed by atoms with Crippen LogP contribution in [-0.4, -0.2) is 5.11 Å². The van der Waals surface area contributed by atoms with E-state index in [2.05, 4.69) is 24.0 Å². The molecule has 0 spiro atoms. The van der Waals surface area contributed by atoms with Gasteiger partial charge in [0.05, 0.1) is 10.8 Å². The first-order valence-corrected chi connectivity index (χ1v) is 13.3. The second kappa shape index (κ2) is 13.8. The van der Waals surface area contributed by atoms with Crippen LogP contribution >= 0.6 is 0 Å². The van der Waals surface area contributed by atoms with Crippen molar-refractivity contribution >= 4 is 27.2 Å². The summed E-state index contributed by atoms with van der Waals surface area (Å²) in [6.45, 7) is 2.28. The molecule has 0 fully saturated rings. The van der Waals surface area contributed by atoms with Gasteiger partial charge in [-0.1, -0.05) is 115 Å². The SMILES string of the molecule is CCCCCCCCCCCCCCCCc1ccc2c([N+]#N)c3ccccc3c(O)c2c1. The molecule has 0 unspecified atom stereocenters. The normalized spacial score (nSPS) is 11.3. The van der Waals surface area contributed by atoms with E-state index in [1.54, 1.807) is 0 Å². The molecular weight excluding hydrogens is 404 g/mol. The lowest BCUT2D eigenvalue weighted by molar-refractivity contribution is 0.488. The Kier molecular flexibility index (Phi) is 10.5. The Bertz CT molecular complexity index is 1050. The first kappa shape index (κ1) is 25.0. The largest absolute Gasteiger partial charge is 0.507 e. The highest BCUT2D eigenvalue weighted by Crippen LogP contribution is 2.42. The van der Waals surface area contributed by atoms with Crippen molar-refractivity contribution in [2.24, 2.45) is 0 Å². The average molecular weight is 446 g/mol. The fourth-order valence-corrected chi connectivity index (χ4v) is 4.97. The minimum absolute atomic E-state index is 0.274. The summed E-state index contributed by atoms with van der Waals surface area (Å²) in [6, 6.07) is 13.7. The zero-order valence-electron chi connectivity index (χ0n) is 20.5. The van der Waals surface area contributed by atoms with Gasteiger partial charge >= 0.3 is 5.69 Å². The topological polar surface area (TPSA) is 48.4 Å². The number of nitrogens with zero attached hydrogens (tertiary/aromatic N) is 2. The molecule has 3 aromatic carbocycles. The maximum Gasteiger partial charge on any atom is 0.400 e. The zero-order valence-corrected chi connectivity index (χ0v) is 20.5. The van der Waals surface area contributed by atoms with Crippen LogP contribution in [0.15, 0.2) is 42.5 Å². The third kappa shape index (κ3) is 7.19. The lowest BCUT2D eigenvalue weighted by Gasteiger charge is -2.07. The number of hydrogen-bond donors (Lipinski definition) is 1. The van der Waals surface area contributed by atoms with Crippen LogP contribution in [0.5, 0.6) is 5.75 Å². The van der Waals surface area contributed by atoms with Gasteiger partial charge < -0.3 is 5.11 Å². The number of unbranched alkanes of at least 4 members (excludes halogenated alkanes) is 13. The summed E-state index contributed by atoms with van der Waals surface area (Å²) in [5.74, 6) is 0.274. The van der Waals surface area contributed by atoms with Crippen molar-refractivity contribution in [1.82, 2.24) is 0 Å². The highest BCUT2D eigenvalue weighted by Gasteiger charge is 2.21. The van der Waals surface area contributed by atoms with Crippen molar-refractivity contribution in [1.29, 1.82) is 5.39 Å². The molecule has 0 aliphatic rings. The van der Waals surface area contributed by atoms with Crippen LogP contribution in [0.4, 0.5) is 5.69 Å². The molecule has 0 aromatic heterocycles. The molecule has 3 aromatic rings. The Hall–Kier alpha value is -2.60. The number of benzene rings is 3. The summed E-state index contributed by atoms with van der Waals surface area (Å²) >= 11 is 0.